The highest BCUT2D eigenvalue weighted by atomic mass is 16.3. The second-order valence-corrected chi connectivity index (χ2v) is 11.0. The van der Waals surface area contributed by atoms with Crippen molar-refractivity contribution in [2.24, 2.45) is 41.2 Å². The molecule has 0 bridgehead atoms. The number of aromatic nitrogens is 1. The maximum Gasteiger partial charge on any atom is 0.235 e. The first-order valence-electron chi connectivity index (χ1n) is 12.8. The van der Waals surface area contributed by atoms with Crippen molar-refractivity contribution in [3.05, 3.63) is 52.8 Å². The number of rotatable bonds is 6. The quantitative estimate of drug-likeness (QED) is 0.347. The number of carbonyl (C=O) groups excluding carboxylic acids is 5. The molecule has 2 aromatic rings. The van der Waals surface area contributed by atoms with Gasteiger partial charge in [-0.2, -0.15) is 0 Å². The second kappa shape index (κ2) is 9.28. The van der Waals surface area contributed by atoms with Gasteiger partial charge >= 0.3 is 0 Å². The molecule has 1 aromatic carbocycles. The van der Waals surface area contributed by atoms with Gasteiger partial charge in [-0.15, -0.1) is 0 Å². The molecular formula is C28H31N3O7. The Kier molecular flexibility index (Phi) is 6.35. The third kappa shape index (κ3) is 3.73. The Morgan fingerprint density at radius 1 is 1.16 bits per heavy atom. The molecule has 3 aliphatic rings. The van der Waals surface area contributed by atoms with Crippen LogP contribution in [-0.2, 0) is 38.7 Å². The van der Waals surface area contributed by atoms with Gasteiger partial charge in [-0.1, -0.05) is 19.9 Å². The Hall–Kier alpha value is -3.63. The second-order valence-electron chi connectivity index (χ2n) is 11.0. The predicted molar refractivity (Wildman–Crippen MR) is 134 cm³/mol. The number of phenolic OH excluding ortho intramolecular Hbond substituents is 1. The predicted octanol–water partition coefficient (Wildman–Crippen LogP) is 0.827. The minimum atomic E-state index is -2.68. The number of aromatic hydroxyl groups is 1. The van der Waals surface area contributed by atoms with Gasteiger partial charge in [0.05, 0.1) is 11.5 Å². The van der Waals surface area contributed by atoms with Crippen LogP contribution in [0.2, 0.25) is 0 Å². The molecule has 6 atom stereocenters. The number of Topliss-reactive ketones (excluding diaryl/α,β-unsaturated/α-hetero) is 4. The Morgan fingerprint density at radius 3 is 2.53 bits per heavy atom. The molecule has 38 heavy (non-hydrogen) atoms. The van der Waals surface area contributed by atoms with Crippen molar-refractivity contribution >= 4 is 29.0 Å². The molecule has 1 heterocycles. The zero-order chi connectivity index (χ0) is 27.5. The lowest BCUT2D eigenvalue weighted by Gasteiger charge is -2.52. The Balaban J connectivity index is 1.53. The van der Waals surface area contributed by atoms with Crippen LogP contribution in [0.1, 0.15) is 47.4 Å². The lowest BCUT2D eigenvalue weighted by Crippen LogP contribution is -2.71. The summed E-state index contributed by atoms with van der Waals surface area (Å²) in [5, 5.41) is 25.6. The number of benzene rings is 1. The summed E-state index contributed by atoms with van der Waals surface area (Å²) in [6.07, 6.45) is 2.13. The van der Waals surface area contributed by atoms with E-state index in [-0.39, 0.29) is 30.1 Å². The van der Waals surface area contributed by atoms with E-state index in [4.69, 9.17) is 5.73 Å². The average molecular weight is 522 g/mol. The standard InChI is InChI=1S/C28H31N3O7/c1-12(2)19-17-9-14-8-16-13(10-30-11-15-4-3-7-31-15)5-6-18(32)21(16)24(34)20(14)25(35)28(17,38)26(36)22(23(19)33)27(29)37/h3-7,12,14,17,19-20,22,30-32,38H,8-11H2,1-2H3,(H2,29,37)/t14-,17-,19-,20?,22?,28-/m0/s1. The summed E-state index contributed by atoms with van der Waals surface area (Å²) in [4.78, 5) is 69.3. The Labute approximate surface area is 219 Å². The van der Waals surface area contributed by atoms with Crippen LogP contribution >= 0.6 is 0 Å². The fraction of sp³-hybridized carbons (Fsp3) is 0.464. The van der Waals surface area contributed by atoms with Crippen molar-refractivity contribution in [2.75, 3.05) is 0 Å². The molecule has 10 heteroatoms. The van der Waals surface area contributed by atoms with E-state index in [0.717, 1.165) is 11.3 Å². The van der Waals surface area contributed by atoms with Gasteiger partial charge in [0.15, 0.2) is 34.7 Å². The summed E-state index contributed by atoms with van der Waals surface area (Å²) >= 11 is 0. The van der Waals surface area contributed by atoms with E-state index in [0.29, 0.717) is 18.7 Å². The van der Waals surface area contributed by atoms with E-state index in [1.165, 1.54) is 6.07 Å². The molecule has 6 N–H and O–H groups in total. The van der Waals surface area contributed by atoms with Crippen LogP contribution in [0.5, 0.6) is 5.75 Å². The van der Waals surface area contributed by atoms with Crippen LogP contribution < -0.4 is 11.1 Å². The average Bonchev–Trinajstić information content (AvgIpc) is 3.36. The van der Waals surface area contributed by atoms with E-state index in [2.05, 4.69) is 10.3 Å². The van der Waals surface area contributed by atoms with Gasteiger partial charge in [-0.05, 0) is 54.0 Å². The van der Waals surface area contributed by atoms with Gasteiger partial charge in [0.1, 0.15) is 5.75 Å². The van der Waals surface area contributed by atoms with Crippen LogP contribution in [0, 0.1) is 35.5 Å². The van der Waals surface area contributed by atoms with Crippen LogP contribution in [-0.4, -0.2) is 49.8 Å². The smallest absolute Gasteiger partial charge is 0.235 e. The number of H-pyrrole nitrogens is 1. The topological polar surface area (TPSA) is 180 Å². The third-order valence-electron chi connectivity index (χ3n) is 8.59. The summed E-state index contributed by atoms with van der Waals surface area (Å²) in [5.41, 5.74) is 5.06. The zero-order valence-electron chi connectivity index (χ0n) is 21.2. The lowest BCUT2D eigenvalue weighted by molar-refractivity contribution is -0.182. The molecule has 3 aliphatic carbocycles. The number of primary amides is 1. The largest absolute Gasteiger partial charge is 0.507 e. The first kappa shape index (κ1) is 26.0. The van der Waals surface area contributed by atoms with Crippen molar-refractivity contribution in [3.8, 4) is 5.75 Å². The van der Waals surface area contributed by atoms with Gasteiger partial charge < -0.3 is 26.2 Å². The highest BCUT2D eigenvalue weighted by Gasteiger charge is 2.69. The van der Waals surface area contributed by atoms with E-state index in [1.807, 2.05) is 18.3 Å². The molecule has 1 aromatic heterocycles. The van der Waals surface area contributed by atoms with Crippen LogP contribution in [0.3, 0.4) is 0 Å². The highest BCUT2D eigenvalue weighted by molar-refractivity contribution is 6.31. The number of nitrogens with one attached hydrogen (secondary N) is 2. The van der Waals surface area contributed by atoms with Crippen molar-refractivity contribution < 1.29 is 34.2 Å². The highest BCUT2D eigenvalue weighted by Crippen LogP contribution is 2.53. The molecule has 1 amide bonds. The minimum absolute atomic E-state index is 0.00650. The number of aliphatic hydroxyl groups is 1. The number of nitrogens with two attached hydrogens (primary N) is 1. The number of ketones is 4. The van der Waals surface area contributed by atoms with Crippen molar-refractivity contribution in [1.82, 2.24) is 10.3 Å². The van der Waals surface area contributed by atoms with Crippen molar-refractivity contribution in [2.45, 2.75) is 45.4 Å². The van der Waals surface area contributed by atoms with Crippen molar-refractivity contribution in [3.63, 3.8) is 0 Å². The number of hydrogen-bond acceptors (Lipinski definition) is 8. The first-order chi connectivity index (χ1) is 18.0. The number of carbonyl (C=O) groups is 5. The molecule has 2 unspecified atom stereocenters. The molecular weight excluding hydrogens is 490 g/mol. The van der Waals surface area contributed by atoms with Gasteiger partial charge in [0.2, 0.25) is 5.91 Å². The summed E-state index contributed by atoms with van der Waals surface area (Å²) in [6.45, 7) is 4.40. The summed E-state index contributed by atoms with van der Waals surface area (Å²) in [6, 6.07) is 6.95. The summed E-state index contributed by atoms with van der Waals surface area (Å²) < 4.78 is 0. The molecule has 2 fully saturated rings. The number of hydrogen-bond donors (Lipinski definition) is 5. The molecule has 0 saturated heterocycles. The van der Waals surface area contributed by atoms with Gasteiger partial charge in [0, 0.05) is 36.8 Å². The van der Waals surface area contributed by atoms with Crippen molar-refractivity contribution in [1.29, 1.82) is 0 Å². The molecule has 0 radical (unpaired) electrons. The number of aromatic amines is 1. The fourth-order valence-electron chi connectivity index (χ4n) is 6.89. The van der Waals surface area contributed by atoms with Gasteiger partial charge in [-0.3, -0.25) is 24.0 Å². The number of amides is 1. The van der Waals surface area contributed by atoms with E-state index < -0.39 is 64.2 Å². The minimum Gasteiger partial charge on any atom is -0.507 e. The molecule has 0 spiro atoms. The number of phenols is 1. The van der Waals surface area contributed by atoms with Crippen LogP contribution in [0.4, 0.5) is 0 Å². The maximum atomic E-state index is 13.8. The van der Waals surface area contributed by atoms with E-state index >= 15 is 0 Å². The maximum absolute atomic E-state index is 13.8. The zero-order valence-corrected chi connectivity index (χ0v) is 21.2. The van der Waals surface area contributed by atoms with Crippen LogP contribution in [0.15, 0.2) is 30.5 Å². The number of fused-ring (bicyclic) bond motifs is 3. The molecule has 0 aliphatic heterocycles. The molecule has 2 saturated carbocycles. The molecule has 5 rings (SSSR count). The lowest BCUT2D eigenvalue weighted by atomic mass is 9.49. The van der Waals surface area contributed by atoms with E-state index in [9.17, 15) is 34.2 Å². The molecule has 200 valence electrons. The third-order valence-corrected chi connectivity index (χ3v) is 8.59. The Bertz CT molecular complexity index is 1350. The fourth-order valence-corrected chi connectivity index (χ4v) is 6.89. The van der Waals surface area contributed by atoms with Gasteiger partial charge in [0.25, 0.3) is 0 Å². The normalized spacial score (nSPS) is 30.7. The van der Waals surface area contributed by atoms with E-state index in [1.54, 1.807) is 19.9 Å². The SMILES string of the molecule is CC(C)[C@@H]1C(=O)C(C(N)=O)C(=O)[C@@]2(O)C(=O)C3C(=O)c4c(O)ccc(CNCc5ccc[nH]5)c4C[C@H]3C[C@@H]12. The first-order valence-corrected chi connectivity index (χ1v) is 12.8. The molecule has 10 nitrogen and oxygen atoms in total. The monoisotopic (exact) mass is 521 g/mol. The Morgan fingerprint density at radius 2 is 1.89 bits per heavy atom. The summed E-state index contributed by atoms with van der Waals surface area (Å²) in [7, 11) is 0. The van der Waals surface area contributed by atoms with Gasteiger partial charge in [-0.25, -0.2) is 0 Å². The van der Waals surface area contributed by atoms with Crippen LogP contribution in [0.25, 0.3) is 0 Å². The summed E-state index contributed by atoms with van der Waals surface area (Å²) in [5.74, 6) is -11.4.